The molecule has 6 nitrogen and oxygen atoms in total. The third kappa shape index (κ3) is 2.33. The van der Waals surface area contributed by atoms with Gasteiger partial charge >= 0.3 is 5.97 Å². The summed E-state index contributed by atoms with van der Waals surface area (Å²) in [6, 6.07) is 0. The van der Waals surface area contributed by atoms with Gasteiger partial charge in [-0.3, -0.25) is 9.59 Å². The number of nitrogens with zero attached hydrogens (tertiary/aromatic N) is 1. The zero-order valence-corrected chi connectivity index (χ0v) is 9.02. The number of hydrogen-bond acceptors (Lipinski definition) is 4. The minimum Gasteiger partial charge on any atom is -0.481 e. The summed E-state index contributed by atoms with van der Waals surface area (Å²) in [5.41, 5.74) is 5.14. The molecule has 1 aliphatic heterocycles. The van der Waals surface area contributed by atoms with Crippen LogP contribution in [0.2, 0.25) is 0 Å². The maximum Gasteiger partial charge on any atom is 0.306 e. The van der Waals surface area contributed by atoms with Crippen LogP contribution in [0.15, 0.2) is 0 Å². The highest BCUT2D eigenvalue weighted by atomic mass is 16.5. The molecule has 1 amide bonds. The van der Waals surface area contributed by atoms with Crippen molar-refractivity contribution in [3.8, 4) is 0 Å². The van der Waals surface area contributed by atoms with Gasteiger partial charge in [-0.05, 0) is 12.8 Å². The topological polar surface area (TPSA) is 92.9 Å². The molecule has 1 atom stereocenters. The third-order valence-electron chi connectivity index (χ3n) is 3.04. The number of ether oxygens (including phenoxy) is 1. The van der Waals surface area contributed by atoms with Gasteiger partial charge in [-0.25, -0.2) is 0 Å². The van der Waals surface area contributed by atoms with Crippen molar-refractivity contribution in [1.82, 2.24) is 4.90 Å². The highest BCUT2D eigenvalue weighted by molar-refractivity contribution is 5.89. The quantitative estimate of drug-likeness (QED) is 0.658. The lowest BCUT2D eigenvalue weighted by atomic mass is 10.1. The Balaban J connectivity index is 1.91. The monoisotopic (exact) mass is 228 g/mol. The summed E-state index contributed by atoms with van der Waals surface area (Å²) >= 11 is 0. The van der Waals surface area contributed by atoms with Gasteiger partial charge in [0.25, 0.3) is 0 Å². The van der Waals surface area contributed by atoms with Crippen molar-refractivity contribution in [2.45, 2.75) is 30.9 Å². The Morgan fingerprint density at radius 1 is 1.50 bits per heavy atom. The first-order valence-corrected chi connectivity index (χ1v) is 5.43. The minimum atomic E-state index is -0.909. The van der Waals surface area contributed by atoms with Gasteiger partial charge in [-0.2, -0.15) is 0 Å². The highest BCUT2D eigenvalue weighted by Crippen LogP contribution is 2.34. The van der Waals surface area contributed by atoms with E-state index in [1.165, 1.54) is 0 Å². The average molecular weight is 228 g/mol. The zero-order chi connectivity index (χ0) is 11.8. The van der Waals surface area contributed by atoms with Crippen molar-refractivity contribution in [2.24, 2.45) is 5.73 Å². The van der Waals surface area contributed by atoms with Crippen LogP contribution in [0.1, 0.15) is 19.3 Å². The fraction of sp³-hybridized carbons (Fsp3) is 0.800. The van der Waals surface area contributed by atoms with Crippen LogP contribution in [0.4, 0.5) is 0 Å². The molecular formula is C10H16N2O4. The average Bonchev–Trinajstić information content (AvgIpc) is 2.96. The Hall–Kier alpha value is -1.14. The Morgan fingerprint density at radius 2 is 2.19 bits per heavy atom. The number of carbonyl (C=O) groups is 2. The Morgan fingerprint density at radius 3 is 2.75 bits per heavy atom. The van der Waals surface area contributed by atoms with Crippen LogP contribution in [-0.2, 0) is 14.3 Å². The molecule has 2 aliphatic rings. The lowest BCUT2D eigenvalue weighted by molar-refractivity contribution is -0.148. The fourth-order valence-corrected chi connectivity index (χ4v) is 1.89. The molecule has 1 saturated carbocycles. The van der Waals surface area contributed by atoms with Crippen molar-refractivity contribution in [3.05, 3.63) is 0 Å². The van der Waals surface area contributed by atoms with Gasteiger partial charge in [0, 0.05) is 13.1 Å². The third-order valence-corrected chi connectivity index (χ3v) is 3.04. The Labute approximate surface area is 93.3 Å². The van der Waals surface area contributed by atoms with E-state index in [-0.39, 0.29) is 12.3 Å². The second kappa shape index (κ2) is 4.03. The van der Waals surface area contributed by atoms with E-state index < -0.39 is 17.6 Å². The molecule has 2 fully saturated rings. The van der Waals surface area contributed by atoms with Gasteiger partial charge in [0.2, 0.25) is 5.91 Å². The first kappa shape index (κ1) is 11.3. The molecule has 0 bridgehead atoms. The highest BCUT2D eigenvalue weighted by Gasteiger charge is 2.48. The van der Waals surface area contributed by atoms with E-state index in [0.717, 1.165) is 12.8 Å². The number of nitrogens with two attached hydrogens (primary N) is 1. The van der Waals surface area contributed by atoms with E-state index in [1.807, 2.05) is 0 Å². The van der Waals surface area contributed by atoms with E-state index in [4.69, 9.17) is 15.6 Å². The smallest absolute Gasteiger partial charge is 0.306 e. The molecule has 0 spiro atoms. The molecule has 2 rings (SSSR count). The molecule has 0 radical (unpaired) electrons. The largest absolute Gasteiger partial charge is 0.481 e. The van der Waals surface area contributed by atoms with Crippen LogP contribution in [0.25, 0.3) is 0 Å². The van der Waals surface area contributed by atoms with Gasteiger partial charge in [0.1, 0.15) is 0 Å². The first-order chi connectivity index (χ1) is 7.51. The van der Waals surface area contributed by atoms with Crippen molar-refractivity contribution < 1.29 is 19.4 Å². The molecule has 0 aromatic heterocycles. The van der Waals surface area contributed by atoms with Gasteiger partial charge in [-0.1, -0.05) is 0 Å². The predicted molar refractivity (Wildman–Crippen MR) is 54.7 cm³/mol. The SMILES string of the molecule is NC1(C(=O)N2CCOC(CC(=O)O)C2)CC1. The lowest BCUT2D eigenvalue weighted by Gasteiger charge is -2.33. The number of hydrogen-bond donors (Lipinski definition) is 2. The van der Waals surface area contributed by atoms with Gasteiger partial charge in [-0.15, -0.1) is 0 Å². The lowest BCUT2D eigenvalue weighted by Crippen LogP contribution is -2.52. The molecular weight excluding hydrogens is 212 g/mol. The maximum atomic E-state index is 11.9. The first-order valence-electron chi connectivity index (χ1n) is 5.43. The van der Waals surface area contributed by atoms with Crippen LogP contribution in [0.5, 0.6) is 0 Å². The van der Waals surface area contributed by atoms with Crippen LogP contribution >= 0.6 is 0 Å². The summed E-state index contributed by atoms with van der Waals surface area (Å²) in [6.45, 7) is 1.23. The number of carboxylic acid groups (broad SMARTS) is 1. The van der Waals surface area contributed by atoms with Crippen molar-refractivity contribution in [3.63, 3.8) is 0 Å². The molecule has 3 N–H and O–H groups in total. The number of morpholine rings is 1. The Kier molecular flexibility index (Phi) is 2.86. The Bertz CT molecular complexity index is 314. The second-order valence-corrected chi connectivity index (χ2v) is 4.50. The van der Waals surface area contributed by atoms with Crippen LogP contribution in [0, 0.1) is 0 Å². The van der Waals surface area contributed by atoms with Crippen molar-refractivity contribution in [2.75, 3.05) is 19.7 Å². The fourth-order valence-electron chi connectivity index (χ4n) is 1.89. The summed E-state index contributed by atoms with van der Waals surface area (Å²) in [4.78, 5) is 24.1. The van der Waals surface area contributed by atoms with E-state index in [2.05, 4.69) is 0 Å². The van der Waals surface area contributed by atoms with Gasteiger partial charge < -0.3 is 20.5 Å². The molecule has 16 heavy (non-hydrogen) atoms. The molecule has 90 valence electrons. The summed E-state index contributed by atoms with van der Waals surface area (Å²) in [5.74, 6) is -0.973. The number of carboxylic acids is 1. The number of amides is 1. The van der Waals surface area contributed by atoms with Crippen LogP contribution in [0.3, 0.4) is 0 Å². The van der Waals surface area contributed by atoms with Crippen molar-refractivity contribution in [1.29, 1.82) is 0 Å². The van der Waals surface area contributed by atoms with E-state index in [0.29, 0.717) is 19.7 Å². The van der Waals surface area contributed by atoms with Crippen LogP contribution < -0.4 is 5.73 Å². The van der Waals surface area contributed by atoms with Gasteiger partial charge in [0.15, 0.2) is 0 Å². The maximum absolute atomic E-state index is 11.9. The minimum absolute atomic E-state index is 0.0637. The normalized spacial score (nSPS) is 27.6. The molecule has 1 aliphatic carbocycles. The molecule has 1 unspecified atom stereocenters. The zero-order valence-electron chi connectivity index (χ0n) is 9.02. The van der Waals surface area contributed by atoms with E-state index in [9.17, 15) is 9.59 Å². The molecule has 1 heterocycles. The molecule has 0 aromatic rings. The number of carbonyl (C=O) groups excluding carboxylic acids is 1. The number of aliphatic carboxylic acids is 1. The number of rotatable bonds is 3. The van der Waals surface area contributed by atoms with Crippen LogP contribution in [-0.4, -0.2) is 53.2 Å². The summed E-state index contributed by atoms with van der Waals surface area (Å²) in [6.07, 6.45) is 0.985. The molecule has 1 saturated heterocycles. The van der Waals surface area contributed by atoms with Gasteiger partial charge in [0.05, 0.1) is 24.7 Å². The van der Waals surface area contributed by atoms with E-state index >= 15 is 0 Å². The summed E-state index contributed by atoms with van der Waals surface area (Å²) in [5, 5.41) is 8.65. The summed E-state index contributed by atoms with van der Waals surface area (Å²) in [7, 11) is 0. The second-order valence-electron chi connectivity index (χ2n) is 4.50. The summed E-state index contributed by atoms with van der Waals surface area (Å²) < 4.78 is 5.29. The van der Waals surface area contributed by atoms with Crippen molar-refractivity contribution >= 4 is 11.9 Å². The molecule has 0 aromatic carbocycles. The standard InChI is InChI=1S/C10H16N2O4/c11-10(1-2-10)9(15)12-3-4-16-7(6-12)5-8(13)14/h7H,1-6,11H2,(H,13,14). The molecule has 6 heteroatoms. The predicted octanol–water partition coefficient (Wildman–Crippen LogP) is -0.820. The van der Waals surface area contributed by atoms with E-state index in [1.54, 1.807) is 4.90 Å².